The van der Waals surface area contributed by atoms with Gasteiger partial charge in [-0.3, -0.25) is 0 Å². The van der Waals surface area contributed by atoms with Crippen LogP contribution < -0.4 is 0 Å². The minimum absolute atomic E-state index is 0.202. The zero-order chi connectivity index (χ0) is 14.6. The summed E-state index contributed by atoms with van der Waals surface area (Å²) < 4.78 is 24.9. The molecule has 2 aromatic carbocycles. The van der Waals surface area contributed by atoms with E-state index in [4.69, 9.17) is 0 Å². The van der Waals surface area contributed by atoms with Gasteiger partial charge in [0.25, 0.3) is 0 Å². The van der Waals surface area contributed by atoms with Gasteiger partial charge in [-0.05, 0) is 43.4 Å². The van der Waals surface area contributed by atoms with E-state index >= 15 is 0 Å². The number of benzene rings is 2. The lowest BCUT2D eigenvalue weighted by Crippen LogP contribution is -2.11. The molecule has 0 N–H and O–H groups in total. The van der Waals surface area contributed by atoms with Gasteiger partial charge in [0, 0.05) is 0 Å². The molecule has 106 valence electrons. The Bertz CT molecular complexity index is 653. The maximum absolute atomic E-state index is 12.5. The molecular weight excluding hydrogens is 268 g/mol. The molecule has 0 heterocycles. The summed E-state index contributed by atoms with van der Waals surface area (Å²) in [5, 5.41) is 0. The second-order valence-electron chi connectivity index (χ2n) is 5.13. The largest absolute Gasteiger partial charge is 0.224 e. The van der Waals surface area contributed by atoms with Crippen molar-refractivity contribution in [1.29, 1.82) is 0 Å². The summed E-state index contributed by atoms with van der Waals surface area (Å²) in [6, 6.07) is 15.6. The summed E-state index contributed by atoms with van der Waals surface area (Å²) in [4.78, 5) is 0.507. The van der Waals surface area contributed by atoms with Crippen molar-refractivity contribution < 1.29 is 8.42 Å². The van der Waals surface area contributed by atoms with Crippen molar-refractivity contribution in [2.24, 2.45) is 0 Å². The Morgan fingerprint density at radius 1 is 0.850 bits per heavy atom. The van der Waals surface area contributed by atoms with Crippen molar-refractivity contribution in [3.05, 3.63) is 65.2 Å². The van der Waals surface area contributed by atoms with Gasteiger partial charge in [0.1, 0.15) is 0 Å². The van der Waals surface area contributed by atoms with Crippen molar-refractivity contribution in [1.82, 2.24) is 0 Å². The Kier molecular flexibility index (Phi) is 4.61. The predicted molar refractivity (Wildman–Crippen MR) is 82.7 cm³/mol. The summed E-state index contributed by atoms with van der Waals surface area (Å²) >= 11 is 0. The molecule has 0 amide bonds. The molecule has 0 saturated heterocycles. The van der Waals surface area contributed by atoms with Gasteiger partial charge in [-0.2, -0.15) is 0 Å². The Balaban J connectivity index is 2.09. The van der Waals surface area contributed by atoms with Gasteiger partial charge in [0.15, 0.2) is 9.84 Å². The van der Waals surface area contributed by atoms with E-state index in [0.29, 0.717) is 11.3 Å². The minimum atomic E-state index is -3.19. The van der Waals surface area contributed by atoms with Crippen LogP contribution >= 0.6 is 0 Å². The molecule has 2 aromatic rings. The molecule has 0 fully saturated rings. The van der Waals surface area contributed by atoms with Crippen LogP contribution in [0.15, 0.2) is 53.4 Å². The molecule has 0 aliphatic rings. The van der Waals surface area contributed by atoms with Crippen LogP contribution in [-0.4, -0.2) is 14.2 Å². The van der Waals surface area contributed by atoms with Crippen LogP contribution in [0.4, 0.5) is 0 Å². The zero-order valence-corrected chi connectivity index (χ0v) is 12.8. The molecule has 3 heteroatoms. The molecule has 20 heavy (non-hydrogen) atoms. The maximum Gasteiger partial charge on any atom is 0.178 e. The molecule has 0 spiro atoms. The Morgan fingerprint density at radius 2 is 1.45 bits per heavy atom. The van der Waals surface area contributed by atoms with E-state index in [1.807, 2.05) is 62.4 Å². The molecule has 0 bridgehead atoms. The van der Waals surface area contributed by atoms with Crippen LogP contribution in [0.3, 0.4) is 0 Å². The van der Waals surface area contributed by atoms with E-state index < -0.39 is 9.84 Å². The Labute approximate surface area is 121 Å². The third kappa shape index (κ3) is 3.48. The highest BCUT2D eigenvalue weighted by atomic mass is 32.2. The highest BCUT2D eigenvalue weighted by molar-refractivity contribution is 7.91. The first-order valence-electron chi connectivity index (χ1n) is 6.83. The number of sulfone groups is 1. The molecule has 2 nitrogen and oxygen atoms in total. The van der Waals surface area contributed by atoms with E-state index in [0.717, 1.165) is 17.5 Å². The topological polar surface area (TPSA) is 34.1 Å². The maximum atomic E-state index is 12.5. The normalized spacial score (nSPS) is 11.5. The van der Waals surface area contributed by atoms with E-state index in [9.17, 15) is 8.42 Å². The number of hydrogen-bond donors (Lipinski definition) is 0. The first-order chi connectivity index (χ1) is 9.50. The molecule has 0 saturated carbocycles. The highest BCUT2D eigenvalue weighted by Gasteiger charge is 2.18. The van der Waals surface area contributed by atoms with Crippen molar-refractivity contribution in [3.63, 3.8) is 0 Å². The van der Waals surface area contributed by atoms with Crippen molar-refractivity contribution in [2.45, 2.75) is 31.6 Å². The van der Waals surface area contributed by atoms with Crippen molar-refractivity contribution in [2.75, 3.05) is 5.75 Å². The van der Waals surface area contributed by atoms with Gasteiger partial charge in [-0.1, -0.05) is 48.5 Å². The molecule has 0 unspecified atom stereocenters. The van der Waals surface area contributed by atoms with Crippen LogP contribution in [0.2, 0.25) is 0 Å². The lowest BCUT2D eigenvalue weighted by molar-refractivity contribution is 0.592. The van der Waals surface area contributed by atoms with Gasteiger partial charge >= 0.3 is 0 Å². The van der Waals surface area contributed by atoms with Gasteiger partial charge < -0.3 is 0 Å². The first-order valence-corrected chi connectivity index (χ1v) is 8.49. The molecule has 0 radical (unpaired) electrons. The van der Waals surface area contributed by atoms with Crippen LogP contribution in [0.5, 0.6) is 0 Å². The zero-order valence-electron chi connectivity index (χ0n) is 12.0. The fourth-order valence-corrected chi connectivity index (χ4v) is 4.35. The molecule has 0 atom stereocenters. The average Bonchev–Trinajstić information content (AvgIpc) is 2.39. The molecule has 0 aliphatic heterocycles. The average molecular weight is 288 g/mol. The molecule has 0 aliphatic carbocycles. The van der Waals surface area contributed by atoms with Gasteiger partial charge in [0.05, 0.1) is 10.6 Å². The smallest absolute Gasteiger partial charge is 0.178 e. The summed E-state index contributed by atoms with van der Waals surface area (Å²) in [6.07, 6.45) is 1.45. The van der Waals surface area contributed by atoms with Gasteiger partial charge in [-0.15, -0.1) is 0 Å². The fraction of sp³-hybridized carbons (Fsp3) is 0.294. The fourth-order valence-electron chi connectivity index (χ4n) is 2.50. The number of hydrogen-bond acceptors (Lipinski definition) is 2. The van der Waals surface area contributed by atoms with Gasteiger partial charge in [-0.25, -0.2) is 8.42 Å². The molecule has 2 rings (SSSR count). The third-order valence-corrected chi connectivity index (χ3v) is 5.53. The minimum Gasteiger partial charge on any atom is -0.224 e. The highest BCUT2D eigenvalue weighted by Crippen LogP contribution is 2.21. The van der Waals surface area contributed by atoms with Crippen molar-refractivity contribution in [3.8, 4) is 0 Å². The van der Waals surface area contributed by atoms with E-state index in [1.165, 1.54) is 5.56 Å². The van der Waals surface area contributed by atoms with Crippen LogP contribution in [0, 0.1) is 13.8 Å². The quantitative estimate of drug-likeness (QED) is 0.840. The third-order valence-electron chi connectivity index (χ3n) is 3.44. The number of rotatable bonds is 5. The Morgan fingerprint density at radius 3 is 2.05 bits per heavy atom. The van der Waals surface area contributed by atoms with Crippen molar-refractivity contribution >= 4 is 9.84 Å². The van der Waals surface area contributed by atoms with Crippen LogP contribution in [-0.2, 0) is 16.3 Å². The van der Waals surface area contributed by atoms with Gasteiger partial charge in [0.2, 0.25) is 0 Å². The lowest BCUT2D eigenvalue weighted by atomic mass is 10.1. The Hall–Kier alpha value is -1.61. The predicted octanol–water partition coefficient (Wildman–Crippen LogP) is 3.71. The summed E-state index contributed by atoms with van der Waals surface area (Å²) in [5.41, 5.74) is 2.86. The van der Waals surface area contributed by atoms with E-state index in [2.05, 4.69) is 0 Å². The first kappa shape index (κ1) is 14.8. The van der Waals surface area contributed by atoms with Crippen LogP contribution in [0.1, 0.15) is 23.1 Å². The number of aryl methyl sites for hydroxylation is 3. The molecule has 0 aromatic heterocycles. The van der Waals surface area contributed by atoms with Crippen LogP contribution in [0.25, 0.3) is 0 Å². The lowest BCUT2D eigenvalue weighted by Gasteiger charge is -2.10. The standard InChI is InChI=1S/C17H20O2S/c1-14-8-6-9-15(2)17(14)20(18,19)13-7-12-16-10-4-3-5-11-16/h3-6,8-11H,7,12-13H2,1-2H3. The second-order valence-corrected chi connectivity index (χ2v) is 7.17. The summed E-state index contributed by atoms with van der Waals surface area (Å²) in [5.74, 6) is 0.202. The molecular formula is C17H20O2S. The van der Waals surface area contributed by atoms with E-state index in [-0.39, 0.29) is 5.75 Å². The second kappa shape index (κ2) is 6.23. The van der Waals surface area contributed by atoms with E-state index in [1.54, 1.807) is 0 Å². The monoisotopic (exact) mass is 288 g/mol. The SMILES string of the molecule is Cc1cccc(C)c1S(=O)(=O)CCCc1ccccc1. The summed E-state index contributed by atoms with van der Waals surface area (Å²) in [7, 11) is -3.19. The summed E-state index contributed by atoms with van der Waals surface area (Å²) in [6.45, 7) is 3.72.